The zero-order valence-electron chi connectivity index (χ0n) is 7.93. The van der Waals surface area contributed by atoms with Gasteiger partial charge in [-0.25, -0.2) is 0 Å². The van der Waals surface area contributed by atoms with Gasteiger partial charge in [0.15, 0.2) is 5.82 Å². The van der Waals surface area contributed by atoms with Gasteiger partial charge in [-0.15, -0.1) is 11.3 Å². The second-order valence-electron chi connectivity index (χ2n) is 2.72. The summed E-state index contributed by atoms with van der Waals surface area (Å²) in [6.07, 6.45) is 0. The molecule has 6 heteroatoms. The molecule has 2 aromatic rings. The maximum Gasteiger partial charge on any atom is 0.268 e. The molecule has 0 aliphatic carbocycles. The maximum atomic E-state index is 8.66. The molecule has 0 saturated carbocycles. The molecule has 2 aromatic heterocycles. The van der Waals surface area contributed by atoms with Crippen molar-refractivity contribution < 1.29 is 9.26 Å². The average Bonchev–Trinajstić information content (AvgIpc) is 2.85. The van der Waals surface area contributed by atoms with Crippen LogP contribution in [-0.4, -0.2) is 17.3 Å². The number of hydrogen-bond donors (Lipinski definition) is 0. The number of hydrogen-bond acceptors (Lipinski definition) is 6. The minimum atomic E-state index is 0.319. The smallest absolute Gasteiger partial charge is 0.268 e. The van der Waals surface area contributed by atoms with Crippen LogP contribution < -0.4 is 0 Å². The summed E-state index contributed by atoms with van der Waals surface area (Å²) in [6, 6.07) is 5.56. The van der Waals surface area contributed by atoms with Crippen LogP contribution in [0.15, 0.2) is 16.7 Å². The van der Waals surface area contributed by atoms with Crippen molar-refractivity contribution in [3.05, 3.63) is 22.8 Å². The van der Waals surface area contributed by atoms with E-state index in [0.29, 0.717) is 23.2 Å². The third-order valence-electron chi connectivity index (χ3n) is 1.67. The monoisotopic (exact) mass is 221 g/mol. The zero-order valence-corrected chi connectivity index (χ0v) is 8.74. The molecule has 0 aliphatic heterocycles. The zero-order chi connectivity index (χ0) is 10.7. The summed E-state index contributed by atoms with van der Waals surface area (Å²) in [5, 5.41) is 12.4. The van der Waals surface area contributed by atoms with Crippen molar-refractivity contribution in [2.24, 2.45) is 0 Å². The first kappa shape index (κ1) is 9.83. The van der Waals surface area contributed by atoms with Gasteiger partial charge in [-0.05, 0) is 12.1 Å². The average molecular weight is 221 g/mol. The van der Waals surface area contributed by atoms with Gasteiger partial charge >= 0.3 is 0 Å². The van der Waals surface area contributed by atoms with Gasteiger partial charge in [-0.1, -0.05) is 5.16 Å². The lowest BCUT2D eigenvalue weighted by Crippen LogP contribution is -1.88. The highest BCUT2D eigenvalue weighted by Crippen LogP contribution is 2.26. The molecule has 0 saturated heterocycles. The van der Waals surface area contributed by atoms with Crippen molar-refractivity contribution in [1.29, 1.82) is 5.26 Å². The van der Waals surface area contributed by atoms with E-state index in [1.165, 1.54) is 11.3 Å². The van der Waals surface area contributed by atoms with Gasteiger partial charge in [0, 0.05) is 7.11 Å². The Morgan fingerprint density at radius 2 is 2.47 bits per heavy atom. The SMILES string of the molecule is COCc1noc(-c2ccc(C#N)s2)n1. The summed E-state index contributed by atoms with van der Waals surface area (Å²) in [5.74, 6) is 0.924. The molecule has 0 aliphatic rings. The Kier molecular flexibility index (Phi) is 2.76. The molecular weight excluding hydrogens is 214 g/mol. The number of nitriles is 1. The molecule has 0 N–H and O–H groups in total. The summed E-state index contributed by atoms with van der Waals surface area (Å²) in [7, 11) is 1.56. The predicted octanol–water partition coefficient (Wildman–Crippen LogP) is 1.82. The Hall–Kier alpha value is -1.71. The Balaban J connectivity index is 2.25. The fourth-order valence-corrected chi connectivity index (χ4v) is 1.78. The van der Waals surface area contributed by atoms with E-state index in [-0.39, 0.29) is 0 Å². The molecule has 15 heavy (non-hydrogen) atoms. The van der Waals surface area contributed by atoms with Crippen LogP contribution in [0.2, 0.25) is 0 Å². The second-order valence-corrected chi connectivity index (χ2v) is 3.81. The molecule has 0 radical (unpaired) electrons. The minimum Gasteiger partial charge on any atom is -0.377 e. The van der Waals surface area contributed by atoms with Crippen LogP contribution in [0.4, 0.5) is 0 Å². The summed E-state index contributed by atoms with van der Waals surface area (Å²) in [5.41, 5.74) is 0. The van der Waals surface area contributed by atoms with Crippen LogP contribution >= 0.6 is 11.3 Å². The fourth-order valence-electron chi connectivity index (χ4n) is 1.05. The summed E-state index contributed by atoms with van der Waals surface area (Å²) in [6.45, 7) is 0.319. The lowest BCUT2D eigenvalue weighted by molar-refractivity contribution is 0.174. The van der Waals surface area contributed by atoms with Gasteiger partial charge in [-0.2, -0.15) is 10.2 Å². The molecular formula is C9H7N3O2S. The number of thiophene rings is 1. The largest absolute Gasteiger partial charge is 0.377 e. The van der Waals surface area contributed by atoms with Crippen LogP contribution in [0.3, 0.4) is 0 Å². The third kappa shape index (κ3) is 2.03. The van der Waals surface area contributed by atoms with Gasteiger partial charge in [0.25, 0.3) is 5.89 Å². The van der Waals surface area contributed by atoms with Gasteiger partial charge in [0.2, 0.25) is 0 Å². The van der Waals surface area contributed by atoms with Crippen molar-refractivity contribution in [2.75, 3.05) is 7.11 Å². The molecule has 0 spiro atoms. The molecule has 2 heterocycles. The van der Waals surface area contributed by atoms with Crippen molar-refractivity contribution in [2.45, 2.75) is 6.61 Å². The highest BCUT2D eigenvalue weighted by molar-refractivity contribution is 7.15. The first-order valence-electron chi connectivity index (χ1n) is 4.15. The van der Waals surface area contributed by atoms with E-state index >= 15 is 0 Å². The highest BCUT2D eigenvalue weighted by atomic mass is 32.1. The van der Waals surface area contributed by atoms with Gasteiger partial charge in [0.1, 0.15) is 17.6 Å². The van der Waals surface area contributed by atoms with E-state index in [1.807, 2.05) is 0 Å². The van der Waals surface area contributed by atoms with E-state index < -0.39 is 0 Å². The maximum absolute atomic E-state index is 8.66. The summed E-state index contributed by atoms with van der Waals surface area (Å²) >= 11 is 1.32. The van der Waals surface area contributed by atoms with Crippen molar-refractivity contribution in [3.63, 3.8) is 0 Å². The van der Waals surface area contributed by atoms with Gasteiger partial charge in [-0.3, -0.25) is 0 Å². The van der Waals surface area contributed by atoms with Crippen LogP contribution in [0.5, 0.6) is 0 Å². The van der Waals surface area contributed by atoms with Crippen LogP contribution in [0.25, 0.3) is 10.8 Å². The van der Waals surface area contributed by atoms with Crippen LogP contribution in [0, 0.1) is 11.3 Å². The Morgan fingerprint density at radius 3 is 3.13 bits per heavy atom. The normalized spacial score (nSPS) is 10.1. The van der Waals surface area contributed by atoms with Crippen molar-refractivity contribution in [1.82, 2.24) is 10.1 Å². The van der Waals surface area contributed by atoms with Crippen molar-refractivity contribution >= 4 is 11.3 Å². The van der Waals surface area contributed by atoms with Crippen molar-refractivity contribution in [3.8, 4) is 16.8 Å². The Labute approximate surface area is 89.9 Å². The molecule has 0 unspecified atom stereocenters. The Bertz CT molecular complexity index is 497. The summed E-state index contributed by atoms with van der Waals surface area (Å²) < 4.78 is 9.89. The van der Waals surface area contributed by atoms with Crippen LogP contribution in [0.1, 0.15) is 10.7 Å². The minimum absolute atomic E-state index is 0.319. The Morgan fingerprint density at radius 1 is 1.60 bits per heavy atom. The number of aromatic nitrogens is 2. The van der Waals surface area contributed by atoms with E-state index in [9.17, 15) is 0 Å². The fraction of sp³-hybridized carbons (Fsp3) is 0.222. The van der Waals surface area contributed by atoms with E-state index in [2.05, 4.69) is 16.2 Å². The lowest BCUT2D eigenvalue weighted by atomic mass is 10.4. The topological polar surface area (TPSA) is 71.9 Å². The molecule has 0 aromatic carbocycles. The molecule has 5 nitrogen and oxygen atoms in total. The number of ether oxygens (including phenoxy) is 1. The number of methoxy groups -OCH3 is 1. The molecule has 0 amide bonds. The third-order valence-corrected chi connectivity index (χ3v) is 2.65. The van der Waals surface area contributed by atoms with E-state index in [4.69, 9.17) is 14.5 Å². The molecule has 0 fully saturated rings. The number of rotatable bonds is 3. The van der Waals surface area contributed by atoms with E-state index in [1.54, 1.807) is 19.2 Å². The quantitative estimate of drug-likeness (QED) is 0.790. The molecule has 0 atom stereocenters. The standard InChI is InChI=1S/C9H7N3O2S/c1-13-5-8-11-9(14-12-8)7-3-2-6(4-10)15-7/h2-3H,5H2,1H3. The lowest BCUT2D eigenvalue weighted by Gasteiger charge is -1.86. The van der Waals surface area contributed by atoms with Gasteiger partial charge < -0.3 is 9.26 Å². The first-order chi connectivity index (χ1) is 7.33. The van der Waals surface area contributed by atoms with E-state index in [0.717, 1.165) is 4.88 Å². The first-order valence-corrected chi connectivity index (χ1v) is 4.97. The number of nitrogens with zero attached hydrogens (tertiary/aromatic N) is 3. The molecule has 76 valence electrons. The van der Waals surface area contributed by atoms with Crippen LogP contribution in [-0.2, 0) is 11.3 Å². The molecule has 2 rings (SSSR count). The highest BCUT2D eigenvalue weighted by Gasteiger charge is 2.10. The summed E-state index contributed by atoms with van der Waals surface area (Å²) in [4.78, 5) is 5.53. The molecule has 0 bridgehead atoms. The predicted molar refractivity (Wildman–Crippen MR) is 53.0 cm³/mol. The van der Waals surface area contributed by atoms with Gasteiger partial charge in [0.05, 0.1) is 4.88 Å². The second kappa shape index (κ2) is 4.21.